The Kier molecular flexibility index (Phi) is 8.94. The maximum absolute atomic E-state index is 13.5. The number of nitrogens with zero attached hydrogens (tertiary/aromatic N) is 1. The van der Waals surface area contributed by atoms with Gasteiger partial charge in [0.05, 0.1) is 23.9 Å². The molecular weight excluding hydrogens is 499 g/mol. The Morgan fingerprint density at radius 2 is 1.64 bits per heavy atom. The van der Waals surface area contributed by atoms with Crippen molar-refractivity contribution in [3.63, 3.8) is 0 Å². The summed E-state index contributed by atoms with van der Waals surface area (Å²) in [6.45, 7) is 4.37. The van der Waals surface area contributed by atoms with Gasteiger partial charge in [0, 0.05) is 17.9 Å². The van der Waals surface area contributed by atoms with Crippen LogP contribution in [0.1, 0.15) is 43.9 Å². The summed E-state index contributed by atoms with van der Waals surface area (Å²) in [6.07, 6.45) is 1.62. The predicted octanol–water partition coefficient (Wildman–Crippen LogP) is 6.31. The van der Waals surface area contributed by atoms with Crippen molar-refractivity contribution in [2.75, 3.05) is 23.8 Å². The summed E-state index contributed by atoms with van der Waals surface area (Å²) in [5.74, 6) is -1.01. The van der Waals surface area contributed by atoms with E-state index < -0.39 is 23.9 Å². The Bertz CT molecular complexity index is 1380. The zero-order valence-electron chi connectivity index (χ0n) is 21.9. The average Bonchev–Trinajstić information content (AvgIpc) is 2.92. The van der Waals surface area contributed by atoms with Gasteiger partial charge in [-0.25, -0.2) is 18.8 Å². The summed E-state index contributed by atoms with van der Waals surface area (Å²) >= 11 is 0. The highest BCUT2D eigenvalue weighted by Gasteiger charge is 2.38. The van der Waals surface area contributed by atoms with Crippen molar-refractivity contribution in [1.82, 2.24) is 10.2 Å². The molecule has 1 unspecified atom stereocenters. The Balaban J connectivity index is 1.72. The molecule has 4 rings (SSSR count). The molecule has 1 atom stereocenters. The molecule has 0 radical (unpaired) electrons. The van der Waals surface area contributed by atoms with Gasteiger partial charge >= 0.3 is 18.0 Å². The van der Waals surface area contributed by atoms with Crippen molar-refractivity contribution in [3.05, 3.63) is 101 Å². The van der Waals surface area contributed by atoms with E-state index in [2.05, 4.69) is 16.0 Å². The lowest BCUT2D eigenvalue weighted by Crippen LogP contribution is -2.48. The number of hydrogen-bond acceptors (Lipinski definition) is 4. The normalized spacial score (nSPS) is 15.0. The van der Waals surface area contributed by atoms with Crippen LogP contribution < -0.4 is 16.0 Å². The van der Waals surface area contributed by atoms with Crippen molar-refractivity contribution < 1.29 is 23.5 Å². The summed E-state index contributed by atoms with van der Waals surface area (Å²) in [6, 6.07) is 20.0. The third kappa shape index (κ3) is 6.62. The van der Waals surface area contributed by atoms with Gasteiger partial charge in [-0.15, -0.1) is 0 Å². The number of anilines is 2. The number of urea groups is 2. The molecule has 3 N–H and O–H groups in total. The van der Waals surface area contributed by atoms with Crippen LogP contribution in [0.5, 0.6) is 0 Å². The molecule has 8 nitrogen and oxygen atoms in total. The largest absolute Gasteiger partial charge is 0.463 e. The molecule has 0 aromatic heterocycles. The highest BCUT2D eigenvalue weighted by molar-refractivity contribution is 6.05. The van der Waals surface area contributed by atoms with Crippen LogP contribution in [0, 0.1) is 5.82 Å². The maximum Gasteiger partial charge on any atom is 0.338 e. The van der Waals surface area contributed by atoms with Crippen LogP contribution in [0.2, 0.25) is 0 Å². The minimum atomic E-state index is -0.822. The number of hydrogen-bond donors (Lipinski definition) is 3. The number of ether oxygens (including phenoxy) is 1. The van der Waals surface area contributed by atoms with Gasteiger partial charge < -0.3 is 20.7 Å². The lowest BCUT2D eigenvalue weighted by atomic mass is 9.91. The van der Waals surface area contributed by atoms with Crippen molar-refractivity contribution in [2.24, 2.45) is 0 Å². The Hall–Kier alpha value is -4.66. The Labute approximate surface area is 226 Å². The topological polar surface area (TPSA) is 99.8 Å². The number of rotatable bonds is 9. The molecule has 0 aliphatic carbocycles. The molecule has 4 amide bonds. The van der Waals surface area contributed by atoms with E-state index in [0.717, 1.165) is 18.4 Å². The van der Waals surface area contributed by atoms with Gasteiger partial charge in [-0.3, -0.25) is 4.90 Å². The second-order valence-corrected chi connectivity index (χ2v) is 8.95. The van der Waals surface area contributed by atoms with E-state index >= 15 is 0 Å². The van der Waals surface area contributed by atoms with E-state index in [4.69, 9.17) is 4.74 Å². The smallest absolute Gasteiger partial charge is 0.338 e. The minimum Gasteiger partial charge on any atom is -0.463 e. The first-order chi connectivity index (χ1) is 18.9. The van der Waals surface area contributed by atoms with Crippen molar-refractivity contribution >= 4 is 35.1 Å². The molecule has 0 saturated heterocycles. The number of unbranched alkanes of at least 4 members (excludes halogenated alkanes) is 1. The number of amides is 4. The molecule has 202 valence electrons. The van der Waals surface area contributed by atoms with Gasteiger partial charge in [-0.1, -0.05) is 61.9 Å². The summed E-state index contributed by atoms with van der Waals surface area (Å²) < 4.78 is 18.9. The molecular formula is C30H31FN4O4. The standard InChI is InChI=1S/C30H31FN4O4/c1-3-5-17-35-27(20-11-7-6-8-12-20)25(28(36)39-4-2)26(34-30(35)38)21-13-9-15-23(18-21)32-29(37)33-24-16-10-14-22(31)19-24/h6-16,18-19,26H,3-5,17H2,1-2H3,(H,34,38)(H2,32,33,37). The van der Waals surface area contributed by atoms with E-state index in [0.29, 0.717) is 34.8 Å². The Morgan fingerprint density at radius 1 is 0.949 bits per heavy atom. The van der Waals surface area contributed by atoms with Gasteiger partial charge in [-0.05, 0) is 54.8 Å². The van der Waals surface area contributed by atoms with Gasteiger partial charge in [0.2, 0.25) is 0 Å². The van der Waals surface area contributed by atoms with Crippen molar-refractivity contribution in [1.29, 1.82) is 0 Å². The number of carbonyl (C=O) groups is 3. The van der Waals surface area contributed by atoms with E-state index in [-0.39, 0.29) is 12.6 Å². The van der Waals surface area contributed by atoms with Crippen LogP contribution >= 0.6 is 0 Å². The third-order valence-corrected chi connectivity index (χ3v) is 6.16. The number of halogens is 1. The zero-order valence-corrected chi connectivity index (χ0v) is 21.9. The third-order valence-electron chi connectivity index (χ3n) is 6.16. The molecule has 39 heavy (non-hydrogen) atoms. The van der Waals surface area contributed by atoms with Crippen LogP contribution in [0.15, 0.2) is 84.4 Å². The van der Waals surface area contributed by atoms with E-state index in [9.17, 15) is 18.8 Å². The molecule has 9 heteroatoms. The number of benzene rings is 3. The quantitative estimate of drug-likeness (QED) is 0.282. The number of esters is 1. The lowest BCUT2D eigenvalue weighted by Gasteiger charge is -2.37. The van der Waals surface area contributed by atoms with Crippen LogP contribution in [0.4, 0.5) is 25.4 Å². The van der Waals surface area contributed by atoms with Crippen LogP contribution in [0.25, 0.3) is 5.70 Å². The fourth-order valence-corrected chi connectivity index (χ4v) is 4.42. The summed E-state index contributed by atoms with van der Waals surface area (Å²) in [5, 5.41) is 8.27. The SMILES string of the molecule is CCCCN1C(=O)NC(c2cccc(NC(=O)Nc3cccc(F)c3)c2)C(C(=O)OCC)=C1c1ccccc1. The molecule has 1 heterocycles. The van der Waals surface area contributed by atoms with Crippen LogP contribution in [-0.4, -0.2) is 36.1 Å². The van der Waals surface area contributed by atoms with Crippen molar-refractivity contribution in [2.45, 2.75) is 32.7 Å². The van der Waals surface area contributed by atoms with Gasteiger partial charge in [0.1, 0.15) is 5.82 Å². The first-order valence-corrected chi connectivity index (χ1v) is 12.9. The second-order valence-electron chi connectivity index (χ2n) is 8.95. The first-order valence-electron chi connectivity index (χ1n) is 12.9. The molecule has 1 aliphatic heterocycles. The molecule has 1 aliphatic rings. The summed E-state index contributed by atoms with van der Waals surface area (Å²) in [5.41, 5.74) is 2.83. The zero-order chi connectivity index (χ0) is 27.8. The van der Waals surface area contributed by atoms with E-state index in [1.165, 1.54) is 18.2 Å². The molecule has 0 spiro atoms. The number of nitrogens with one attached hydrogen (secondary N) is 3. The fraction of sp³-hybridized carbons (Fsp3) is 0.233. The molecule has 3 aromatic rings. The highest BCUT2D eigenvalue weighted by Crippen LogP contribution is 2.37. The van der Waals surface area contributed by atoms with Gasteiger partial charge in [0.25, 0.3) is 0 Å². The average molecular weight is 531 g/mol. The van der Waals surface area contributed by atoms with Crippen molar-refractivity contribution in [3.8, 4) is 0 Å². The molecule has 3 aromatic carbocycles. The minimum absolute atomic E-state index is 0.169. The lowest BCUT2D eigenvalue weighted by molar-refractivity contribution is -0.138. The predicted molar refractivity (Wildman–Crippen MR) is 148 cm³/mol. The monoisotopic (exact) mass is 530 g/mol. The van der Waals surface area contributed by atoms with Crippen LogP contribution in [0.3, 0.4) is 0 Å². The number of carbonyl (C=O) groups excluding carboxylic acids is 3. The van der Waals surface area contributed by atoms with Gasteiger partial charge in [-0.2, -0.15) is 0 Å². The van der Waals surface area contributed by atoms with E-state index in [1.807, 2.05) is 37.3 Å². The van der Waals surface area contributed by atoms with Crippen LogP contribution in [-0.2, 0) is 9.53 Å². The highest BCUT2D eigenvalue weighted by atomic mass is 19.1. The Morgan fingerprint density at radius 3 is 2.31 bits per heavy atom. The summed E-state index contributed by atoms with van der Waals surface area (Å²) in [7, 11) is 0. The molecule has 0 saturated carbocycles. The molecule has 0 bridgehead atoms. The second kappa shape index (κ2) is 12.7. The van der Waals surface area contributed by atoms with E-state index in [1.54, 1.807) is 42.2 Å². The van der Waals surface area contributed by atoms with Gasteiger partial charge in [0.15, 0.2) is 0 Å². The fourth-order valence-electron chi connectivity index (χ4n) is 4.42. The first kappa shape index (κ1) is 27.4. The summed E-state index contributed by atoms with van der Waals surface area (Å²) in [4.78, 5) is 41.0. The maximum atomic E-state index is 13.5. The molecule has 0 fully saturated rings.